The third kappa shape index (κ3) is 2.21. The van der Waals surface area contributed by atoms with Crippen LogP contribution < -0.4 is 0 Å². The lowest BCUT2D eigenvalue weighted by Crippen LogP contribution is -1.76. The Hall–Kier alpha value is -0.260. The fourth-order valence-electron chi connectivity index (χ4n) is 1.37. The van der Waals surface area contributed by atoms with Crippen LogP contribution in [-0.2, 0) is 0 Å². The van der Waals surface area contributed by atoms with E-state index in [0.717, 1.165) is 0 Å². The van der Waals surface area contributed by atoms with Crippen molar-refractivity contribution >= 4 is 0 Å². The van der Waals surface area contributed by atoms with Crippen molar-refractivity contribution in [2.75, 3.05) is 0 Å². The van der Waals surface area contributed by atoms with Crippen LogP contribution in [-0.4, -0.2) is 0 Å². The van der Waals surface area contributed by atoms with Gasteiger partial charge in [-0.05, 0) is 32.1 Å². The van der Waals surface area contributed by atoms with E-state index in [1.54, 1.807) is 5.57 Å². The predicted molar refractivity (Wildman–Crippen MR) is 41.5 cm³/mol. The molecule has 0 heterocycles. The van der Waals surface area contributed by atoms with E-state index in [1.807, 2.05) is 0 Å². The molecule has 1 rings (SSSR count). The van der Waals surface area contributed by atoms with E-state index in [-0.39, 0.29) is 0 Å². The van der Waals surface area contributed by atoms with Crippen LogP contribution in [0.5, 0.6) is 0 Å². The summed E-state index contributed by atoms with van der Waals surface area (Å²) in [6, 6.07) is 0. The fourth-order valence-corrected chi connectivity index (χ4v) is 1.37. The number of allylic oxidation sites excluding steroid dienone is 2. The van der Waals surface area contributed by atoms with Crippen molar-refractivity contribution in [3.8, 4) is 0 Å². The fraction of sp³-hybridized carbons (Fsp3) is 0.778. The Kier molecular flexibility index (Phi) is 2.82. The smallest absolute Gasteiger partial charge is 0.0317 e. The van der Waals surface area contributed by atoms with Crippen LogP contribution in [0.1, 0.15) is 45.4 Å². The number of rotatable bonds is 3. The molecule has 0 amide bonds. The highest BCUT2D eigenvalue weighted by atomic mass is 14.1. The summed E-state index contributed by atoms with van der Waals surface area (Å²) in [5.74, 6) is 0. The van der Waals surface area contributed by atoms with Crippen molar-refractivity contribution in [2.45, 2.75) is 45.4 Å². The van der Waals surface area contributed by atoms with Gasteiger partial charge in [-0.3, -0.25) is 0 Å². The van der Waals surface area contributed by atoms with Crippen LogP contribution >= 0.6 is 0 Å². The molecule has 0 aromatic heterocycles. The maximum atomic E-state index is 2.43. The van der Waals surface area contributed by atoms with Crippen LogP contribution in [0.4, 0.5) is 0 Å². The SMILES string of the molecule is CCCCC1=CCCC1. The topological polar surface area (TPSA) is 0 Å². The molecule has 1 aliphatic rings. The zero-order valence-corrected chi connectivity index (χ0v) is 6.32. The first-order chi connectivity index (χ1) is 4.43. The maximum Gasteiger partial charge on any atom is -0.0317 e. The Labute approximate surface area is 58.0 Å². The summed E-state index contributed by atoms with van der Waals surface area (Å²) in [5, 5.41) is 0. The molecule has 0 aliphatic heterocycles. The van der Waals surface area contributed by atoms with E-state index in [9.17, 15) is 0 Å². The van der Waals surface area contributed by atoms with Gasteiger partial charge in [0.05, 0.1) is 0 Å². The summed E-state index contributed by atoms with van der Waals surface area (Å²) in [7, 11) is 0. The highest BCUT2D eigenvalue weighted by molar-refractivity contribution is 5.06. The first-order valence-electron chi connectivity index (χ1n) is 4.11. The molecule has 0 unspecified atom stereocenters. The molecule has 0 fully saturated rings. The van der Waals surface area contributed by atoms with E-state index < -0.39 is 0 Å². The molecule has 0 aromatic rings. The van der Waals surface area contributed by atoms with Crippen LogP contribution in [0.15, 0.2) is 11.6 Å². The molecule has 0 atom stereocenters. The molecule has 0 nitrogen and oxygen atoms in total. The highest BCUT2D eigenvalue weighted by Gasteiger charge is 2.01. The van der Waals surface area contributed by atoms with Gasteiger partial charge in [-0.2, -0.15) is 0 Å². The summed E-state index contributed by atoms with van der Waals surface area (Å²) >= 11 is 0. The van der Waals surface area contributed by atoms with E-state index in [1.165, 1.54) is 38.5 Å². The van der Waals surface area contributed by atoms with Gasteiger partial charge in [0.25, 0.3) is 0 Å². The van der Waals surface area contributed by atoms with Gasteiger partial charge < -0.3 is 0 Å². The Morgan fingerprint density at radius 1 is 1.56 bits per heavy atom. The minimum Gasteiger partial charge on any atom is -0.0853 e. The Morgan fingerprint density at radius 3 is 3.00 bits per heavy atom. The van der Waals surface area contributed by atoms with Gasteiger partial charge in [0.1, 0.15) is 0 Å². The monoisotopic (exact) mass is 124 g/mol. The molecule has 0 aromatic carbocycles. The van der Waals surface area contributed by atoms with Gasteiger partial charge >= 0.3 is 0 Å². The molecule has 0 radical (unpaired) electrons. The minimum absolute atomic E-state index is 1.34. The zero-order chi connectivity index (χ0) is 6.53. The van der Waals surface area contributed by atoms with Gasteiger partial charge in [-0.15, -0.1) is 0 Å². The Bertz CT molecular complexity index is 101. The Morgan fingerprint density at radius 2 is 2.44 bits per heavy atom. The first-order valence-corrected chi connectivity index (χ1v) is 4.11. The van der Waals surface area contributed by atoms with Crippen molar-refractivity contribution < 1.29 is 0 Å². The second-order valence-corrected chi connectivity index (χ2v) is 2.86. The summed E-state index contributed by atoms with van der Waals surface area (Å²) in [6.07, 6.45) is 10.7. The molecule has 0 saturated heterocycles. The van der Waals surface area contributed by atoms with Crippen molar-refractivity contribution in [2.24, 2.45) is 0 Å². The van der Waals surface area contributed by atoms with Crippen LogP contribution in [0, 0.1) is 0 Å². The summed E-state index contributed by atoms with van der Waals surface area (Å²) in [5.41, 5.74) is 1.72. The molecule has 0 heteroatoms. The molecular weight excluding hydrogens is 108 g/mol. The molecule has 0 bridgehead atoms. The van der Waals surface area contributed by atoms with Gasteiger partial charge in [0.15, 0.2) is 0 Å². The van der Waals surface area contributed by atoms with E-state index in [2.05, 4.69) is 13.0 Å². The van der Waals surface area contributed by atoms with Crippen LogP contribution in [0.3, 0.4) is 0 Å². The lowest BCUT2D eigenvalue weighted by Gasteiger charge is -1.96. The lowest BCUT2D eigenvalue weighted by molar-refractivity contribution is 0.760. The molecule has 1 aliphatic carbocycles. The molecule has 0 saturated carbocycles. The minimum atomic E-state index is 1.34. The lowest BCUT2D eigenvalue weighted by atomic mass is 10.1. The average molecular weight is 124 g/mol. The second kappa shape index (κ2) is 3.71. The second-order valence-electron chi connectivity index (χ2n) is 2.86. The van der Waals surface area contributed by atoms with Gasteiger partial charge in [-0.25, -0.2) is 0 Å². The maximum absolute atomic E-state index is 2.43. The quantitative estimate of drug-likeness (QED) is 0.506. The van der Waals surface area contributed by atoms with E-state index in [4.69, 9.17) is 0 Å². The molecule has 0 spiro atoms. The molecule has 52 valence electrons. The Balaban J connectivity index is 2.11. The third-order valence-corrected chi connectivity index (χ3v) is 1.99. The van der Waals surface area contributed by atoms with Crippen LogP contribution in [0.25, 0.3) is 0 Å². The summed E-state index contributed by atoms with van der Waals surface area (Å²) in [6.45, 7) is 2.26. The molecular formula is C9H16. The van der Waals surface area contributed by atoms with Gasteiger partial charge in [0, 0.05) is 0 Å². The van der Waals surface area contributed by atoms with Crippen molar-refractivity contribution in [3.63, 3.8) is 0 Å². The largest absolute Gasteiger partial charge is 0.0853 e. The van der Waals surface area contributed by atoms with E-state index in [0.29, 0.717) is 0 Å². The number of hydrogen-bond donors (Lipinski definition) is 0. The normalized spacial score (nSPS) is 18.1. The first kappa shape index (κ1) is 6.85. The average Bonchev–Trinajstić information content (AvgIpc) is 2.34. The number of unbranched alkanes of at least 4 members (excludes halogenated alkanes) is 1. The zero-order valence-electron chi connectivity index (χ0n) is 6.32. The molecule has 9 heavy (non-hydrogen) atoms. The molecule has 0 N–H and O–H groups in total. The predicted octanol–water partition coefficient (Wildman–Crippen LogP) is 3.29. The van der Waals surface area contributed by atoms with Crippen molar-refractivity contribution in [1.29, 1.82) is 0 Å². The van der Waals surface area contributed by atoms with E-state index >= 15 is 0 Å². The number of hydrogen-bond acceptors (Lipinski definition) is 0. The van der Waals surface area contributed by atoms with Gasteiger partial charge in [0.2, 0.25) is 0 Å². The van der Waals surface area contributed by atoms with Gasteiger partial charge in [-0.1, -0.05) is 25.0 Å². The standard InChI is InChI=1S/C9H16/c1-2-3-6-9-7-4-5-8-9/h7H,2-6,8H2,1H3. The summed E-state index contributed by atoms with van der Waals surface area (Å²) in [4.78, 5) is 0. The highest BCUT2D eigenvalue weighted by Crippen LogP contribution is 2.21. The third-order valence-electron chi connectivity index (χ3n) is 1.99. The summed E-state index contributed by atoms with van der Waals surface area (Å²) < 4.78 is 0. The van der Waals surface area contributed by atoms with Crippen LogP contribution in [0.2, 0.25) is 0 Å². The van der Waals surface area contributed by atoms with Crippen molar-refractivity contribution in [1.82, 2.24) is 0 Å². The van der Waals surface area contributed by atoms with Crippen molar-refractivity contribution in [3.05, 3.63) is 11.6 Å².